The first-order valence-electron chi connectivity index (χ1n) is 8.14. The zero-order chi connectivity index (χ0) is 16.0. The Morgan fingerprint density at radius 2 is 2.22 bits per heavy atom. The Kier molecular flexibility index (Phi) is 3.27. The third kappa shape index (κ3) is 2.27. The van der Waals surface area contributed by atoms with Gasteiger partial charge in [-0.05, 0) is 37.5 Å². The number of carbonyl (C=O) groups excluding carboxylic acids is 2. The molecule has 2 fully saturated rings. The number of rotatable bonds is 1. The molecule has 1 atom stereocenters. The largest absolute Gasteiger partial charge is 0.367 e. The summed E-state index contributed by atoms with van der Waals surface area (Å²) in [6.07, 6.45) is 2.33. The molecule has 3 heterocycles. The number of carbonyl (C=O) groups is 2. The molecule has 2 saturated heterocycles. The van der Waals surface area contributed by atoms with Crippen molar-refractivity contribution in [1.29, 1.82) is 0 Å². The lowest BCUT2D eigenvalue weighted by Gasteiger charge is -2.36. The van der Waals surface area contributed by atoms with Crippen molar-refractivity contribution in [3.05, 3.63) is 35.5 Å². The Labute approximate surface area is 134 Å². The molecule has 1 unspecified atom stereocenters. The van der Waals surface area contributed by atoms with Crippen LogP contribution in [0.4, 0.5) is 0 Å². The molecule has 0 radical (unpaired) electrons. The van der Waals surface area contributed by atoms with E-state index in [1.54, 1.807) is 4.90 Å². The third-order valence-corrected chi connectivity index (χ3v) is 5.13. The molecule has 0 aliphatic carbocycles. The number of ketones is 1. The van der Waals surface area contributed by atoms with Gasteiger partial charge in [0, 0.05) is 30.5 Å². The summed E-state index contributed by atoms with van der Waals surface area (Å²) in [4.78, 5) is 30.0. The molecule has 5 nitrogen and oxygen atoms in total. The Balaban J connectivity index is 1.57. The Hall–Kier alpha value is -2.14. The highest BCUT2D eigenvalue weighted by Gasteiger charge is 2.46. The van der Waals surface area contributed by atoms with Crippen molar-refractivity contribution in [3.8, 4) is 0 Å². The number of H-pyrrole nitrogens is 1. The van der Waals surface area contributed by atoms with Gasteiger partial charge in [-0.25, -0.2) is 0 Å². The van der Waals surface area contributed by atoms with E-state index in [1.807, 2.05) is 31.2 Å². The summed E-state index contributed by atoms with van der Waals surface area (Å²) in [5.74, 6) is -0.0660. The van der Waals surface area contributed by atoms with Crippen molar-refractivity contribution in [2.24, 2.45) is 0 Å². The summed E-state index contributed by atoms with van der Waals surface area (Å²) < 4.78 is 5.70. The summed E-state index contributed by atoms with van der Waals surface area (Å²) in [5.41, 5.74) is 2.01. The van der Waals surface area contributed by atoms with Gasteiger partial charge in [0.15, 0.2) is 5.78 Å². The van der Waals surface area contributed by atoms with E-state index < -0.39 is 5.60 Å². The number of amides is 1. The summed E-state index contributed by atoms with van der Waals surface area (Å²) in [5, 5.41) is 1.05. The molecule has 5 heteroatoms. The highest BCUT2D eigenvalue weighted by molar-refractivity contribution is 6.01. The number of piperidine rings is 1. The Morgan fingerprint density at radius 3 is 2.91 bits per heavy atom. The first kappa shape index (κ1) is 14.5. The van der Waals surface area contributed by atoms with E-state index in [1.165, 1.54) is 0 Å². The highest BCUT2D eigenvalue weighted by Crippen LogP contribution is 2.33. The number of hydrogen-bond acceptors (Lipinski definition) is 3. The predicted molar refractivity (Wildman–Crippen MR) is 86.5 cm³/mol. The Morgan fingerprint density at radius 1 is 1.35 bits per heavy atom. The van der Waals surface area contributed by atoms with E-state index in [0.29, 0.717) is 25.3 Å². The average Bonchev–Trinajstić information content (AvgIpc) is 3.18. The van der Waals surface area contributed by atoms with Gasteiger partial charge in [-0.1, -0.05) is 12.1 Å². The van der Waals surface area contributed by atoms with Crippen molar-refractivity contribution in [1.82, 2.24) is 9.88 Å². The molecule has 1 aromatic heterocycles. The number of aromatic nitrogens is 1. The number of aryl methyl sites for hydroxylation is 1. The van der Waals surface area contributed by atoms with Crippen molar-refractivity contribution in [3.63, 3.8) is 0 Å². The molecule has 1 aromatic carbocycles. The lowest BCUT2D eigenvalue weighted by atomic mass is 9.87. The topological polar surface area (TPSA) is 62.4 Å². The molecule has 2 aromatic rings. The number of likely N-dealkylation sites (tertiary alicyclic amines) is 1. The monoisotopic (exact) mass is 312 g/mol. The second-order valence-electron chi connectivity index (χ2n) is 6.57. The number of aromatic amines is 1. The lowest BCUT2D eigenvalue weighted by Crippen LogP contribution is -2.53. The van der Waals surface area contributed by atoms with Crippen LogP contribution in [-0.4, -0.2) is 46.9 Å². The van der Waals surface area contributed by atoms with Crippen LogP contribution >= 0.6 is 0 Å². The van der Waals surface area contributed by atoms with Crippen LogP contribution in [0.2, 0.25) is 0 Å². The maximum atomic E-state index is 12.7. The van der Waals surface area contributed by atoms with Gasteiger partial charge in [0.25, 0.3) is 5.91 Å². The molecule has 120 valence electrons. The van der Waals surface area contributed by atoms with Gasteiger partial charge in [0.1, 0.15) is 11.3 Å². The minimum absolute atomic E-state index is 0.0434. The zero-order valence-electron chi connectivity index (χ0n) is 13.2. The number of ether oxygens (including phenoxy) is 1. The summed E-state index contributed by atoms with van der Waals surface area (Å²) in [6.45, 7) is 3.39. The highest BCUT2D eigenvalue weighted by atomic mass is 16.5. The number of benzene rings is 1. The third-order valence-electron chi connectivity index (χ3n) is 5.13. The second kappa shape index (κ2) is 5.20. The minimum atomic E-state index is -0.617. The minimum Gasteiger partial charge on any atom is -0.367 e. The lowest BCUT2D eigenvalue weighted by molar-refractivity contribution is -0.144. The quantitative estimate of drug-likeness (QED) is 0.880. The van der Waals surface area contributed by atoms with Crippen LogP contribution in [0.3, 0.4) is 0 Å². The van der Waals surface area contributed by atoms with Crippen LogP contribution in [0.5, 0.6) is 0 Å². The SMILES string of the molecule is Cc1cccc2[nH]c(C(=O)N3CCC4(CCCO4)C(=O)C3)cc12. The fourth-order valence-corrected chi connectivity index (χ4v) is 3.73. The van der Waals surface area contributed by atoms with Crippen LogP contribution in [0.25, 0.3) is 10.9 Å². The normalized spacial score (nSPS) is 24.7. The first-order valence-corrected chi connectivity index (χ1v) is 8.14. The van der Waals surface area contributed by atoms with Gasteiger partial charge in [-0.15, -0.1) is 0 Å². The number of fused-ring (bicyclic) bond motifs is 1. The Bertz CT molecular complexity index is 787. The molecule has 2 aliphatic rings. The maximum absolute atomic E-state index is 12.7. The molecule has 1 spiro atoms. The van der Waals surface area contributed by atoms with Crippen LogP contribution < -0.4 is 0 Å². The molecule has 4 rings (SSSR count). The molecule has 2 aliphatic heterocycles. The van der Waals surface area contributed by atoms with E-state index in [2.05, 4.69) is 4.98 Å². The van der Waals surface area contributed by atoms with Gasteiger partial charge in [0.05, 0.1) is 6.54 Å². The van der Waals surface area contributed by atoms with Gasteiger partial charge in [-0.3, -0.25) is 9.59 Å². The van der Waals surface area contributed by atoms with Crippen LogP contribution in [0.1, 0.15) is 35.3 Å². The summed E-state index contributed by atoms with van der Waals surface area (Å²) in [7, 11) is 0. The van der Waals surface area contributed by atoms with Gasteiger partial charge < -0.3 is 14.6 Å². The van der Waals surface area contributed by atoms with E-state index >= 15 is 0 Å². The fraction of sp³-hybridized carbons (Fsp3) is 0.444. The smallest absolute Gasteiger partial charge is 0.270 e. The van der Waals surface area contributed by atoms with Gasteiger partial charge in [-0.2, -0.15) is 0 Å². The van der Waals surface area contributed by atoms with E-state index in [0.717, 1.165) is 29.3 Å². The maximum Gasteiger partial charge on any atom is 0.270 e. The average molecular weight is 312 g/mol. The predicted octanol–water partition coefficient (Wildman–Crippen LogP) is 2.44. The van der Waals surface area contributed by atoms with Crippen LogP contribution in [-0.2, 0) is 9.53 Å². The number of Topliss-reactive ketones (excluding diaryl/α,β-unsaturated/α-hetero) is 1. The molecular formula is C18H20N2O3. The standard InChI is InChI=1S/C18H20N2O3/c1-12-4-2-5-14-13(12)10-15(19-14)17(22)20-8-7-18(16(21)11-20)6-3-9-23-18/h2,4-5,10,19H,3,6-9,11H2,1H3. The van der Waals surface area contributed by atoms with Crippen LogP contribution in [0, 0.1) is 6.92 Å². The molecule has 0 bridgehead atoms. The van der Waals surface area contributed by atoms with Gasteiger partial charge in [0.2, 0.25) is 0 Å². The molecule has 1 N–H and O–H groups in total. The second-order valence-corrected chi connectivity index (χ2v) is 6.57. The summed E-state index contributed by atoms with van der Waals surface area (Å²) in [6, 6.07) is 7.83. The molecule has 0 saturated carbocycles. The molecular weight excluding hydrogens is 292 g/mol. The van der Waals surface area contributed by atoms with Crippen molar-refractivity contribution in [2.75, 3.05) is 19.7 Å². The number of nitrogens with one attached hydrogen (secondary N) is 1. The van der Waals surface area contributed by atoms with Crippen molar-refractivity contribution < 1.29 is 14.3 Å². The molecule has 1 amide bonds. The summed E-state index contributed by atoms with van der Waals surface area (Å²) >= 11 is 0. The van der Waals surface area contributed by atoms with Crippen molar-refractivity contribution in [2.45, 2.75) is 31.8 Å². The zero-order valence-corrected chi connectivity index (χ0v) is 13.2. The van der Waals surface area contributed by atoms with E-state index in [4.69, 9.17) is 4.74 Å². The number of hydrogen-bond donors (Lipinski definition) is 1. The van der Waals surface area contributed by atoms with Crippen LogP contribution in [0.15, 0.2) is 24.3 Å². The molecule has 23 heavy (non-hydrogen) atoms. The van der Waals surface area contributed by atoms with Gasteiger partial charge >= 0.3 is 0 Å². The number of nitrogens with zero attached hydrogens (tertiary/aromatic N) is 1. The van der Waals surface area contributed by atoms with E-state index in [-0.39, 0.29) is 18.2 Å². The van der Waals surface area contributed by atoms with E-state index in [9.17, 15) is 9.59 Å². The first-order chi connectivity index (χ1) is 11.1. The van der Waals surface area contributed by atoms with Crippen molar-refractivity contribution >= 4 is 22.6 Å². The fourth-order valence-electron chi connectivity index (χ4n) is 3.73.